The second-order valence-corrected chi connectivity index (χ2v) is 8.35. The first-order chi connectivity index (χ1) is 14.1. The van der Waals surface area contributed by atoms with Gasteiger partial charge < -0.3 is 9.47 Å². The predicted octanol–water partition coefficient (Wildman–Crippen LogP) is 6.35. The number of hydrogen-bond donors (Lipinski definition) is 0. The third kappa shape index (κ3) is 3.28. The first-order valence-electron chi connectivity index (χ1n) is 9.35. The van der Waals surface area contributed by atoms with Crippen LogP contribution in [0.3, 0.4) is 0 Å². The van der Waals surface area contributed by atoms with Gasteiger partial charge in [0, 0.05) is 22.6 Å². The third-order valence-corrected chi connectivity index (χ3v) is 6.17. The van der Waals surface area contributed by atoms with Gasteiger partial charge in [0.2, 0.25) is 6.23 Å². The fourth-order valence-electron chi connectivity index (χ4n) is 3.92. The zero-order valence-electron chi connectivity index (χ0n) is 15.7. The van der Waals surface area contributed by atoms with Crippen molar-refractivity contribution in [2.45, 2.75) is 18.7 Å². The molecule has 0 bridgehead atoms. The highest BCUT2D eigenvalue weighted by atomic mass is 79.9. The molecule has 2 atom stereocenters. The Bertz CT molecular complexity index is 1100. The number of rotatable bonds is 3. The Morgan fingerprint density at radius 2 is 1.93 bits per heavy atom. The summed E-state index contributed by atoms with van der Waals surface area (Å²) < 4.78 is 12.7. The van der Waals surface area contributed by atoms with Gasteiger partial charge in [-0.2, -0.15) is 5.10 Å². The van der Waals surface area contributed by atoms with Gasteiger partial charge in [-0.1, -0.05) is 41.9 Å². The molecule has 3 aromatic carbocycles. The average molecular weight is 470 g/mol. The van der Waals surface area contributed by atoms with Crippen LogP contribution in [0.15, 0.2) is 76.3 Å². The minimum Gasteiger partial charge on any atom is -0.496 e. The van der Waals surface area contributed by atoms with Gasteiger partial charge in [0.1, 0.15) is 11.5 Å². The molecule has 0 radical (unpaired) electrons. The first kappa shape index (κ1) is 18.5. The number of hydrogen-bond acceptors (Lipinski definition) is 4. The average Bonchev–Trinajstić information content (AvgIpc) is 3.20. The van der Waals surface area contributed by atoms with Crippen LogP contribution in [-0.2, 0) is 0 Å². The Balaban J connectivity index is 1.60. The fraction of sp³-hybridized carbons (Fsp3) is 0.174. The summed E-state index contributed by atoms with van der Waals surface area (Å²) in [5.41, 5.74) is 4.24. The molecule has 2 aliphatic rings. The summed E-state index contributed by atoms with van der Waals surface area (Å²) in [5, 5.41) is 7.73. The molecule has 0 saturated carbocycles. The van der Waals surface area contributed by atoms with Crippen LogP contribution in [0.4, 0.5) is 0 Å². The largest absolute Gasteiger partial charge is 0.496 e. The van der Waals surface area contributed by atoms with E-state index < -0.39 is 0 Å². The molecular formula is C23H18BrClN2O2. The summed E-state index contributed by atoms with van der Waals surface area (Å²) in [4.78, 5) is 0. The Kier molecular flexibility index (Phi) is 4.72. The molecule has 0 N–H and O–H groups in total. The van der Waals surface area contributed by atoms with Crippen molar-refractivity contribution in [1.82, 2.24) is 5.01 Å². The molecule has 0 amide bonds. The normalized spacial score (nSPS) is 19.8. The standard InChI is InChI=1S/C23H18BrClN2O2/c1-28-22-9-7-15(11-18(22)24)23-27-20(17-12-16(25)8-10-21(17)29-23)13-19(26-27)14-5-3-2-4-6-14/h2-12,20,23H,13H2,1H3. The molecule has 3 aromatic rings. The van der Waals surface area contributed by atoms with Crippen LogP contribution in [0.25, 0.3) is 0 Å². The molecule has 5 rings (SSSR count). The van der Waals surface area contributed by atoms with E-state index in [-0.39, 0.29) is 12.3 Å². The zero-order chi connectivity index (χ0) is 20.0. The molecule has 0 spiro atoms. The van der Waals surface area contributed by atoms with E-state index in [0.29, 0.717) is 5.02 Å². The number of hydrazone groups is 1. The van der Waals surface area contributed by atoms with Crippen LogP contribution in [0.2, 0.25) is 5.02 Å². The van der Waals surface area contributed by atoms with Gasteiger partial charge in [-0.05, 0) is 57.9 Å². The van der Waals surface area contributed by atoms with E-state index in [1.165, 1.54) is 0 Å². The van der Waals surface area contributed by atoms with E-state index in [0.717, 1.165) is 44.8 Å². The van der Waals surface area contributed by atoms with Crippen molar-refractivity contribution < 1.29 is 9.47 Å². The van der Waals surface area contributed by atoms with E-state index in [4.69, 9.17) is 26.2 Å². The maximum Gasteiger partial charge on any atom is 0.213 e. The lowest BCUT2D eigenvalue weighted by Gasteiger charge is -2.38. The molecule has 2 heterocycles. The Morgan fingerprint density at radius 1 is 1.10 bits per heavy atom. The van der Waals surface area contributed by atoms with Gasteiger partial charge in [-0.15, -0.1) is 0 Å². The van der Waals surface area contributed by atoms with Crippen molar-refractivity contribution in [1.29, 1.82) is 0 Å². The predicted molar refractivity (Wildman–Crippen MR) is 118 cm³/mol. The second-order valence-electron chi connectivity index (χ2n) is 7.06. The van der Waals surface area contributed by atoms with Crippen molar-refractivity contribution in [2.24, 2.45) is 5.10 Å². The molecule has 2 aliphatic heterocycles. The van der Waals surface area contributed by atoms with Crippen LogP contribution in [0.5, 0.6) is 11.5 Å². The highest BCUT2D eigenvalue weighted by Gasteiger charge is 2.41. The van der Waals surface area contributed by atoms with Crippen LogP contribution in [-0.4, -0.2) is 17.8 Å². The Morgan fingerprint density at radius 3 is 2.69 bits per heavy atom. The summed E-state index contributed by atoms with van der Waals surface area (Å²) in [7, 11) is 1.66. The molecular weight excluding hydrogens is 452 g/mol. The molecule has 4 nitrogen and oxygen atoms in total. The first-order valence-corrected chi connectivity index (χ1v) is 10.5. The smallest absolute Gasteiger partial charge is 0.213 e. The molecule has 2 unspecified atom stereocenters. The van der Waals surface area contributed by atoms with Crippen LogP contribution in [0, 0.1) is 0 Å². The molecule has 0 fully saturated rings. The van der Waals surface area contributed by atoms with Crippen LogP contribution in [0.1, 0.15) is 35.4 Å². The van der Waals surface area contributed by atoms with Crippen molar-refractivity contribution in [3.8, 4) is 11.5 Å². The van der Waals surface area contributed by atoms with Crippen LogP contribution >= 0.6 is 27.5 Å². The van der Waals surface area contributed by atoms with Crippen molar-refractivity contribution >= 4 is 33.2 Å². The van der Waals surface area contributed by atoms with Gasteiger partial charge in [-0.25, -0.2) is 5.01 Å². The maximum atomic E-state index is 6.40. The fourth-order valence-corrected chi connectivity index (χ4v) is 4.66. The van der Waals surface area contributed by atoms with Gasteiger partial charge in [-0.3, -0.25) is 0 Å². The summed E-state index contributed by atoms with van der Waals surface area (Å²) in [6.07, 6.45) is 0.464. The molecule has 6 heteroatoms. The minimum atomic E-state index is -0.336. The van der Waals surface area contributed by atoms with Crippen molar-refractivity contribution in [3.05, 3.63) is 92.9 Å². The number of fused-ring (bicyclic) bond motifs is 3. The monoisotopic (exact) mass is 468 g/mol. The second kappa shape index (κ2) is 7.39. The van der Waals surface area contributed by atoms with Crippen molar-refractivity contribution in [3.63, 3.8) is 0 Å². The van der Waals surface area contributed by atoms with Gasteiger partial charge in [0.25, 0.3) is 0 Å². The number of ether oxygens (including phenoxy) is 2. The highest BCUT2D eigenvalue weighted by Crippen LogP contribution is 2.48. The molecule has 29 heavy (non-hydrogen) atoms. The molecule has 0 aliphatic carbocycles. The van der Waals surface area contributed by atoms with E-state index in [9.17, 15) is 0 Å². The lowest BCUT2D eigenvalue weighted by atomic mass is 9.96. The molecule has 0 saturated heterocycles. The van der Waals surface area contributed by atoms with E-state index >= 15 is 0 Å². The highest BCUT2D eigenvalue weighted by molar-refractivity contribution is 9.10. The Hall–Kier alpha value is -2.50. The zero-order valence-corrected chi connectivity index (χ0v) is 18.0. The molecule has 0 aromatic heterocycles. The Labute approximate surface area is 182 Å². The van der Waals surface area contributed by atoms with E-state index in [1.54, 1.807) is 7.11 Å². The topological polar surface area (TPSA) is 34.1 Å². The number of nitrogens with zero attached hydrogens (tertiary/aromatic N) is 2. The molecule has 146 valence electrons. The lowest BCUT2D eigenvalue weighted by Crippen LogP contribution is -2.33. The SMILES string of the molecule is COc1ccc(C2Oc3ccc(Cl)cc3C3CC(c4ccccc4)=NN32)cc1Br. The van der Waals surface area contributed by atoms with E-state index in [2.05, 4.69) is 33.1 Å². The summed E-state index contributed by atoms with van der Waals surface area (Å²) in [6, 6.07) is 22.1. The van der Waals surface area contributed by atoms with Gasteiger partial charge >= 0.3 is 0 Å². The van der Waals surface area contributed by atoms with Crippen molar-refractivity contribution in [2.75, 3.05) is 7.11 Å². The van der Waals surface area contributed by atoms with Crippen LogP contribution < -0.4 is 9.47 Å². The van der Waals surface area contributed by atoms with Gasteiger partial charge in [0.15, 0.2) is 0 Å². The summed E-state index contributed by atoms with van der Waals surface area (Å²) in [5.74, 6) is 1.63. The quantitative estimate of drug-likeness (QED) is 0.448. The number of benzene rings is 3. The minimum absolute atomic E-state index is 0.0681. The van der Waals surface area contributed by atoms with E-state index in [1.807, 2.05) is 54.6 Å². The third-order valence-electron chi connectivity index (χ3n) is 5.32. The summed E-state index contributed by atoms with van der Waals surface area (Å²) >= 11 is 9.88. The van der Waals surface area contributed by atoms with Gasteiger partial charge in [0.05, 0.1) is 23.3 Å². The maximum absolute atomic E-state index is 6.40. The number of halogens is 2. The lowest BCUT2D eigenvalue weighted by molar-refractivity contribution is -0.0190. The number of methoxy groups -OCH3 is 1. The summed E-state index contributed by atoms with van der Waals surface area (Å²) in [6.45, 7) is 0.